The summed E-state index contributed by atoms with van der Waals surface area (Å²) in [4.78, 5) is 4.33. The number of aromatic nitrogens is 1. The Morgan fingerprint density at radius 1 is 1.25 bits per heavy atom. The Kier molecular flexibility index (Phi) is 3.65. The van der Waals surface area contributed by atoms with E-state index in [9.17, 15) is 0 Å². The number of anilines is 2. The maximum atomic E-state index is 6.01. The molecule has 1 saturated carbocycles. The third-order valence-corrected chi connectivity index (χ3v) is 3.40. The van der Waals surface area contributed by atoms with Gasteiger partial charge in [-0.3, -0.25) is 0 Å². The molecule has 1 fully saturated rings. The Morgan fingerprint density at radius 3 is 2.62 bits per heavy atom. The highest BCUT2D eigenvalue weighted by Gasteiger charge is 2.13. The van der Waals surface area contributed by atoms with Crippen LogP contribution in [0.15, 0.2) is 12.3 Å². The van der Waals surface area contributed by atoms with Crippen LogP contribution < -0.4 is 11.1 Å². The lowest BCUT2D eigenvalue weighted by Gasteiger charge is -2.18. The second-order valence-corrected chi connectivity index (χ2v) is 4.72. The van der Waals surface area contributed by atoms with Crippen molar-refractivity contribution < 1.29 is 0 Å². The van der Waals surface area contributed by atoms with Crippen molar-refractivity contribution in [2.75, 3.05) is 11.1 Å². The minimum atomic E-state index is 0.555. The zero-order valence-corrected chi connectivity index (χ0v) is 10.00. The number of nitrogens with one attached hydrogen (secondary N) is 1. The van der Waals surface area contributed by atoms with Crippen LogP contribution in [-0.4, -0.2) is 11.0 Å². The summed E-state index contributed by atoms with van der Waals surface area (Å²) in [5.41, 5.74) is 7.91. The Bertz CT molecular complexity index is 341. The molecule has 16 heavy (non-hydrogen) atoms. The van der Waals surface area contributed by atoms with Gasteiger partial charge in [-0.25, -0.2) is 4.98 Å². The molecule has 3 N–H and O–H groups in total. The predicted octanol–water partition coefficient (Wildman–Crippen LogP) is 3.11. The molecule has 88 valence electrons. The molecule has 3 heteroatoms. The molecule has 0 saturated heterocycles. The van der Waals surface area contributed by atoms with Crippen molar-refractivity contribution in [2.24, 2.45) is 0 Å². The lowest BCUT2D eigenvalue weighted by Crippen LogP contribution is -2.20. The van der Waals surface area contributed by atoms with Gasteiger partial charge in [-0.15, -0.1) is 0 Å². The summed E-state index contributed by atoms with van der Waals surface area (Å²) in [5.74, 6) is 0.868. The smallest absolute Gasteiger partial charge is 0.149 e. The molecule has 1 aromatic heterocycles. The van der Waals surface area contributed by atoms with E-state index in [1.165, 1.54) is 38.5 Å². The summed E-state index contributed by atoms with van der Waals surface area (Å²) >= 11 is 0. The van der Waals surface area contributed by atoms with E-state index in [0.29, 0.717) is 6.04 Å². The lowest BCUT2D eigenvalue weighted by atomic mass is 10.1. The molecule has 2 rings (SSSR count). The van der Waals surface area contributed by atoms with Crippen molar-refractivity contribution in [3.8, 4) is 0 Å². The van der Waals surface area contributed by atoms with Gasteiger partial charge in [-0.05, 0) is 31.4 Å². The van der Waals surface area contributed by atoms with Crippen molar-refractivity contribution in [1.82, 2.24) is 4.98 Å². The molecule has 0 aliphatic heterocycles. The molecule has 0 atom stereocenters. The number of rotatable bonds is 2. The first-order chi connectivity index (χ1) is 7.77. The van der Waals surface area contributed by atoms with Gasteiger partial charge in [0.25, 0.3) is 0 Å². The highest BCUT2D eigenvalue weighted by atomic mass is 15.0. The van der Waals surface area contributed by atoms with E-state index in [2.05, 4.69) is 10.3 Å². The Labute approximate surface area is 97.5 Å². The fourth-order valence-electron chi connectivity index (χ4n) is 2.30. The molecule has 0 radical (unpaired) electrons. The molecule has 1 aliphatic carbocycles. The van der Waals surface area contributed by atoms with Crippen molar-refractivity contribution in [2.45, 2.75) is 51.5 Å². The molecule has 0 spiro atoms. The first-order valence-corrected chi connectivity index (χ1v) is 6.25. The van der Waals surface area contributed by atoms with Crippen LogP contribution in [-0.2, 0) is 0 Å². The number of pyridine rings is 1. The fraction of sp³-hybridized carbons (Fsp3) is 0.615. The third-order valence-electron chi connectivity index (χ3n) is 3.40. The first-order valence-electron chi connectivity index (χ1n) is 6.25. The van der Waals surface area contributed by atoms with Crippen LogP contribution >= 0.6 is 0 Å². The van der Waals surface area contributed by atoms with Crippen LogP contribution in [0.5, 0.6) is 0 Å². The van der Waals surface area contributed by atoms with Gasteiger partial charge in [0.1, 0.15) is 5.82 Å². The molecule has 3 nitrogen and oxygen atoms in total. The minimum absolute atomic E-state index is 0.555. The summed E-state index contributed by atoms with van der Waals surface area (Å²) in [6.07, 6.45) is 9.70. The van der Waals surface area contributed by atoms with E-state index < -0.39 is 0 Å². The van der Waals surface area contributed by atoms with E-state index in [0.717, 1.165) is 17.1 Å². The standard InChI is InChI=1S/C13H21N3/c1-10-8-9-15-13(12(10)14)16-11-6-4-2-3-5-7-11/h8-9,11H,2-7,14H2,1H3,(H,15,16). The van der Waals surface area contributed by atoms with Crippen LogP contribution in [0.3, 0.4) is 0 Å². The highest BCUT2D eigenvalue weighted by Crippen LogP contribution is 2.24. The van der Waals surface area contributed by atoms with Crippen molar-refractivity contribution >= 4 is 11.5 Å². The first kappa shape index (κ1) is 11.2. The summed E-state index contributed by atoms with van der Waals surface area (Å²) < 4.78 is 0. The Morgan fingerprint density at radius 2 is 1.94 bits per heavy atom. The zero-order chi connectivity index (χ0) is 11.4. The van der Waals surface area contributed by atoms with Gasteiger partial charge in [-0.2, -0.15) is 0 Å². The zero-order valence-electron chi connectivity index (χ0n) is 10.00. The number of nitrogen functional groups attached to an aromatic ring is 1. The van der Waals surface area contributed by atoms with E-state index in [1.54, 1.807) is 0 Å². The van der Waals surface area contributed by atoms with Crippen LogP contribution in [0.4, 0.5) is 11.5 Å². The molecule has 1 aliphatic rings. The SMILES string of the molecule is Cc1ccnc(NC2CCCCCC2)c1N. The van der Waals surface area contributed by atoms with Crippen molar-refractivity contribution in [3.05, 3.63) is 17.8 Å². The number of hydrogen-bond donors (Lipinski definition) is 2. The fourth-order valence-corrected chi connectivity index (χ4v) is 2.30. The van der Waals surface area contributed by atoms with Gasteiger partial charge in [0.05, 0.1) is 5.69 Å². The average molecular weight is 219 g/mol. The number of nitrogens with zero attached hydrogens (tertiary/aromatic N) is 1. The Balaban J connectivity index is 2.04. The molecule has 0 bridgehead atoms. The van der Waals surface area contributed by atoms with E-state index >= 15 is 0 Å². The van der Waals surface area contributed by atoms with E-state index in [1.807, 2.05) is 19.2 Å². The largest absolute Gasteiger partial charge is 0.396 e. The molecular formula is C13H21N3. The number of nitrogens with two attached hydrogens (primary N) is 1. The number of aryl methyl sites for hydroxylation is 1. The molecular weight excluding hydrogens is 198 g/mol. The third kappa shape index (κ3) is 2.65. The second kappa shape index (κ2) is 5.19. The van der Waals surface area contributed by atoms with E-state index in [-0.39, 0.29) is 0 Å². The van der Waals surface area contributed by atoms with Gasteiger partial charge in [0.15, 0.2) is 0 Å². The molecule has 1 aromatic rings. The maximum absolute atomic E-state index is 6.01. The Hall–Kier alpha value is -1.25. The highest BCUT2D eigenvalue weighted by molar-refractivity contribution is 5.65. The molecule has 1 heterocycles. The van der Waals surface area contributed by atoms with Gasteiger partial charge in [0.2, 0.25) is 0 Å². The van der Waals surface area contributed by atoms with Crippen LogP contribution in [0, 0.1) is 6.92 Å². The molecule has 0 amide bonds. The summed E-state index contributed by atoms with van der Waals surface area (Å²) in [7, 11) is 0. The molecule has 0 aromatic carbocycles. The van der Waals surface area contributed by atoms with Gasteiger partial charge in [-0.1, -0.05) is 25.7 Å². The van der Waals surface area contributed by atoms with E-state index in [4.69, 9.17) is 5.73 Å². The van der Waals surface area contributed by atoms with Crippen LogP contribution in [0.25, 0.3) is 0 Å². The van der Waals surface area contributed by atoms with Gasteiger partial charge < -0.3 is 11.1 Å². The monoisotopic (exact) mass is 219 g/mol. The van der Waals surface area contributed by atoms with Gasteiger partial charge >= 0.3 is 0 Å². The van der Waals surface area contributed by atoms with Gasteiger partial charge in [0, 0.05) is 12.2 Å². The van der Waals surface area contributed by atoms with Crippen LogP contribution in [0.1, 0.15) is 44.1 Å². The van der Waals surface area contributed by atoms with Crippen LogP contribution in [0.2, 0.25) is 0 Å². The maximum Gasteiger partial charge on any atom is 0.149 e. The normalized spacial score (nSPS) is 18.1. The predicted molar refractivity (Wildman–Crippen MR) is 68.5 cm³/mol. The quantitative estimate of drug-likeness (QED) is 0.751. The lowest BCUT2D eigenvalue weighted by molar-refractivity contribution is 0.618. The summed E-state index contributed by atoms with van der Waals surface area (Å²) in [6, 6.07) is 2.51. The van der Waals surface area contributed by atoms with Crippen molar-refractivity contribution in [3.63, 3.8) is 0 Å². The average Bonchev–Trinajstić information content (AvgIpc) is 2.53. The topological polar surface area (TPSA) is 50.9 Å². The molecule has 0 unspecified atom stereocenters. The summed E-state index contributed by atoms with van der Waals surface area (Å²) in [6.45, 7) is 2.02. The second-order valence-electron chi connectivity index (χ2n) is 4.72. The minimum Gasteiger partial charge on any atom is -0.396 e. The van der Waals surface area contributed by atoms with Crippen molar-refractivity contribution in [1.29, 1.82) is 0 Å². The number of hydrogen-bond acceptors (Lipinski definition) is 3. The summed E-state index contributed by atoms with van der Waals surface area (Å²) in [5, 5.41) is 3.49.